The van der Waals surface area contributed by atoms with Crippen LogP contribution in [0.4, 0.5) is 10.1 Å². The molecule has 6 heteroatoms. The van der Waals surface area contributed by atoms with Crippen LogP contribution in [0.1, 0.15) is 54.1 Å². The van der Waals surface area contributed by atoms with E-state index in [1.165, 1.54) is 29.8 Å². The Morgan fingerprint density at radius 1 is 0.878 bits per heavy atom. The van der Waals surface area contributed by atoms with Gasteiger partial charge in [0.2, 0.25) is 0 Å². The molecule has 41 heavy (non-hydrogen) atoms. The van der Waals surface area contributed by atoms with Crippen LogP contribution >= 0.6 is 0 Å². The first-order valence-electron chi connectivity index (χ1n) is 13.9. The van der Waals surface area contributed by atoms with Gasteiger partial charge < -0.3 is 19.9 Å². The lowest BCUT2D eigenvalue weighted by Gasteiger charge is -2.17. The standard InChI is InChI=1S/C35H36FNO4/c1-3-7-27(24-40-33-12-5-10-28(22-33)25(2)38)9-4-8-26-14-18-31(19-15-26)37-35(39)29-11-6-13-34(23-29)41-32-20-16-30(36)17-21-32/h5-6,10-23,27,38H,2-4,7-9,24H2,1H3,(H,37,39). The number of aryl methyl sites for hydroxylation is 1. The smallest absolute Gasteiger partial charge is 0.255 e. The third kappa shape index (κ3) is 9.24. The van der Waals surface area contributed by atoms with Crippen LogP contribution in [0.5, 0.6) is 17.2 Å². The normalized spacial score (nSPS) is 11.5. The molecule has 0 saturated heterocycles. The van der Waals surface area contributed by atoms with Crippen LogP contribution in [-0.2, 0) is 6.42 Å². The maximum Gasteiger partial charge on any atom is 0.255 e. The average molecular weight is 554 g/mol. The molecule has 0 bridgehead atoms. The third-order valence-electron chi connectivity index (χ3n) is 6.79. The summed E-state index contributed by atoms with van der Waals surface area (Å²) in [5.41, 5.74) is 3.06. The molecule has 0 spiro atoms. The number of nitrogens with one attached hydrogen (secondary N) is 1. The maximum atomic E-state index is 13.1. The fraction of sp³-hybridized carbons (Fsp3) is 0.229. The van der Waals surface area contributed by atoms with Crippen molar-refractivity contribution >= 4 is 17.4 Å². The van der Waals surface area contributed by atoms with Crippen LogP contribution < -0.4 is 14.8 Å². The van der Waals surface area contributed by atoms with Crippen molar-refractivity contribution in [2.75, 3.05) is 11.9 Å². The summed E-state index contributed by atoms with van der Waals surface area (Å²) in [4.78, 5) is 12.8. The summed E-state index contributed by atoms with van der Waals surface area (Å²) in [7, 11) is 0. The van der Waals surface area contributed by atoms with E-state index < -0.39 is 0 Å². The van der Waals surface area contributed by atoms with Gasteiger partial charge in [-0.15, -0.1) is 0 Å². The molecule has 0 radical (unpaired) electrons. The van der Waals surface area contributed by atoms with Crippen molar-refractivity contribution in [2.45, 2.75) is 39.0 Å². The van der Waals surface area contributed by atoms with Gasteiger partial charge in [0, 0.05) is 16.8 Å². The first-order valence-corrected chi connectivity index (χ1v) is 13.9. The van der Waals surface area contributed by atoms with E-state index in [0.717, 1.165) is 37.9 Å². The largest absolute Gasteiger partial charge is 0.508 e. The maximum absolute atomic E-state index is 13.1. The SMILES string of the molecule is C=C(O)c1cccc(OCC(CCC)CCCc2ccc(NC(=O)c3cccc(Oc4ccc(F)cc4)c3)cc2)c1. The number of benzene rings is 4. The lowest BCUT2D eigenvalue weighted by atomic mass is 9.96. The summed E-state index contributed by atoms with van der Waals surface area (Å²) >= 11 is 0. The molecule has 0 fully saturated rings. The lowest BCUT2D eigenvalue weighted by Crippen LogP contribution is -2.13. The van der Waals surface area contributed by atoms with E-state index in [9.17, 15) is 14.3 Å². The molecule has 4 aromatic rings. The molecule has 0 aromatic heterocycles. The molecule has 2 N–H and O–H groups in total. The number of carbonyl (C=O) groups excluding carboxylic acids is 1. The Bertz CT molecular complexity index is 1430. The van der Waals surface area contributed by atoms with Gasteiger partial charge in [-0.05, 0) is 104 Å². The van der Waals surface area contributed by atoms with E-state index in [0.29, 0.717) is 40.8 Å². The zero-order valence-electron chi connectivity index (χ0n) is 23.3. The van der Waals surface area contributed by atoms with Crippen LogP contribution in [0.3, 0.4) is 0 Å². The number of anilines is 1. The fourth-order valence-electron chi connectivity index (χ4n) is 4.59. The van der Waals surface area contributed by atoms with Crippen molar-refractivity contribution in [1.82, 2.24) is 0 Å². The van der Waals surface area contributed by atoms with Gasteiger partial charge in [-0.3, -0.25) is 4.79 Å². The van der Waals surface area contributed by atoms with Gasteiger partial charge in [0.05, 0.1) is 6.61 Å². The second-order valence-electron chi connectivity index (χ2n) is 10.1. The highest BCUT2D eigenvalue weighted by Gasteiger charge is 2.11. The summed E-state index contributed by atoms with van der Waals surface area (Å²) in [6, 6.07) is 27.9. The minimum absolute atomic E-state index is 0.0356. The minimum atomic E-state index is -0.337. The number of hydrogen-bond acceptors (Lipinski definition) is 4. The van der Waals surface area contributed by atoms with Crippen molar-refractivity contribution in [3.63, 3.8) is 0 Å². The number of ether oxygens (including phenoxy) is 2. The Kier molecular flexibility index (Phi) is 10.5. The fourth-order valence-corrected chi connectivity index (χ4v) is 4.59. The molecule has 0 aliphatic carbocycles. The van der Waals surface area contributed by atoms with Gasteiger partial charge in [0.15, 0.2) is 0 Å². The highest BCUT2D eigenvalue weighted by Crippen LogP contribution is 2.24. The van der Waals surface area contributed by atoms with Crippen molar-refractivity contribution < 1.29 is 23.8 Å². The highest BCUT2D eigenvalue weighted by molar-refractivity contribution is 6.04. The third-order valence-corrected chi connectivity index (χ3v) is 6.79. The molecule has 0 saturated carbocycles. The first-order chi connectivity index (χ1) is 19.9. The second kappa shape index (κ2) is 14.7. The molecule has 5 nitrogen and oxygen atoms in total. The van der Waals surface area contributed by atoms with Gasteiger partial charge >= 0.3 is 0 Å². The summed E-state index contributed by atoms with van der Waals surface area (Å²) in [5.74, 6) is 1.64. The summed E-state index contributed by atoms with van der Waals surface area (Å²) in [6.45, 7) is 6.40. The Morgan fingerprint density at radius 3 is 2.27 bits per heavy atom. The molecule has 0 aliphatic heterocycles. The van der Waals surface area contributed by atoms with Crippen molar-refractivity contribution in [2.24, 2.45) is 5.92 Å². The molecular formula is C35H36FNO4. The number of aliphatic hydroxyl groups is 1. The average Bonchev–Trinajstić information content (AvgIpc) is 2.98. The number of rotatable bonds is 14. The van der Waals surface area contributed by atoms with Gasteiger partial charge in [0.25, 0.3) is 5.91 Å². The number of halogens is 1. The molecule has 4 rings (SSSR count). The molecule has 4 aromatic carbocycles. The Hall–Kier alpha value is -4.58. The number of hydrogen-bond donors (Lipinski definition) is 2. The Labute approximate surface area is 241 Å². The topological polar surface area (TPSA) is 67.8 Å². The Balaban J connectivity index is 1.25. The van der Waals surface area contributed by atoms with Gasteiger partial charge in [-0.2, -0.15) is 0 Å². The molecule has 212 valence electrons. The molecule has 1 amide bonds. The summed E-state index contributed by atoms with van der Waals surface area (Å²) in [6.07, 6.45) is 5.21. The van der Waals surface area contributed by atoms with E-state index in [2.05, 4.69) is 18.8 Å². The molecule has 1 unspecified atom stereocenters. The number of aliphatic hydroxyl groups excluding tert-OH is 1. The molecular weight excluding hydrogens is 517 g/mol. The molecule has 0 aliphatic rings. The lowest BCUT2D eigenvalue weighted by molar-refractivity contribution is 0.102. The predicted molar refractivity (Wildman–Crippen MR) is 162 cm³/mol. The van der Waals surface area contributed by atoms with E-state index in [4.69, 9.17) is 9.47 Å². The zero-order chi connectivity index (χ0) is 29.0. The summed E-state index contributed by atoms with van der Waals surface area (Å²) in [5, 5.41) is 12.6. The van der Waals surface area contributed by atoms with Gasteiger partial charge in [-0.1, -0.05) is 50.3 Å². The molecule has 1 atom stereocenters. The minimum Gasteiger partial charge on any atom is -0.508 e. The van der Waals surface area contributed by atoms with E-state index in [1.807, 2.05) is 42.5 Å². The zero-order valence-corrected chi connectivity index (χ0v) is 23.3. The van der Waals surface area contributed by atoms with Crippen LogP contribution in [0, 0.1) is 11.7 Å². The quantitative estimate of drug-likeness (QED) is 0.153. The second-order valence-corrected chi connectivity index (χ2v) is 10.1. The molecule has 0 heterocycles. The van der Waals surface area contributed by atoms with Crippen LogP contribution in [-0.4, -0.2) is 17.6 Å². The number of amides is 1. The van der Waals surface area contributed by atoms with Crippen molar-refractivity contribution in [1.29, 1.82) is 0 Å². The van der Waals surface area contributed by atoms with Gasteiger partial charge in [-0.25, -0.2) is 4.39 Å². The first kappa shape index (κ1) is 29.4. The predicted octanol–water partition coefficient (Wildman–Crippen LogP) is 9.22. The Morgan fingerprint density at radius 2 is 1.56 bits per heavy atom. The summed E-state index contributed by atoms with van der Waals surface area (Å²) < 4.78 is 24.9. The number of carbonyl (C=O) groups is 1. The van der Waals surface area contributed by atoms with E-state index in [1.54, 1.807) is 30.3 Å². The van der Waals surface area contributed by atoms with E-state index in [-0.39, 0.29) is 17.5 Å². The van der Waals surface area contributed by atoms with Gasteiger partial charge in [0.1, 0.15) is 28.8 Å². The highest BCUT2D eigenvalue weighted by atomic mass is 19.1. The van der Waals surface area contributed by atoms with Crippen LogP contribution in [0.25, 0.3) is 5.76 Å². The van der Waals surface area contributed by atoms with Crippen molar-refractivity contribution in [3.8, 4) is 17.2 Å². The van der Waals surface area contributed by atoms with Crippen molar-refractivity contribution in [3.05, 3.63) is 126 Å². The van der Waals surface area contributed by atoms with E-state index >= 15 is 0 Å². The van der Waals surface area contributed by atoms with Crippen LogP contribution in [0.15, 0.2) is 104 Å². The monoisotopic (exact) mass is 553 g/mol. The van der Waals surface area contributed by atoms with Crippen LogP contribution in [0.2, 0.25) is 0 Å².